The fraction of sp³-hybridized carbons (Fsp3) is 0.381. The fourth-order valence-corrected chi connectivity index (χ4v) is 4.22. The molecule has 0 saturated heterocycles. The molecule has 31 heavy (non-hydrogen) atoms. The third kappa shape index (κ3) is 8.11. The first-order chi connectivity index (χ1) is 14.6. The topological polar surface area (TPSA) is 75.7 Å². The smallest absolute Gasteiger partial charge is 0.261 e. The van der Waals surface area contributed by atoms with Crippen molar-refractivity contribution in [3.63, 3.8) is 0 Å². The maximum Gasteiger partial charge on any atom is 0.261 e. The molecule has 0 aliphatic carbocycles. The molecule has 1 N–H and O–H groups in total. The van der Waals surface area contributed by atoms with Gasteiger partial charge in [0.15, 0.2) is 6.10 Å². The standard InChI is InChI=1S/C21H26Cl2N2O4S2/c1-4-20(29-17-8-6-16(7-9-17)25(2)31(3,27)28)21(26)24-11-12-30-14-15-5-10-18(22)19(23)13-15/h5-10,13,20H,4,11-12,14H2,1-3H3,(H,24,26)/t20-/m0/s1. The van der Waals surface area contributed by atoms with Gasteiger partial charge in [0, 0.05) is 25.1 Å². The second-order valence-corrected chi connectivity index (χ2v) is 10.8. The number of nitrogens with zero attached hydrogens (tertiary/aromatic N) is 1. The van der Waals surface area contributed by atoms with Gasteiger partial charge in [-0.1, -0.05) is 36.2 Å². The minimum Gasteiger partial charge on any atom is -0.481 e. The van der Waals surface area contributed by atoms with Gasteiger partial charge in [-0.2, -0.15) is 11.8 Å². The average Bonchev–Trinajstić information content (AvgIpc) is 2.73. The Kier molecular flexibility index (Phi) is 9.81. The predicted molar refractivity (Wildman–Crippen MR) is 130 cm³/mol. The van der Waals surface area contributed by atoms with Gasteiger partial charge in [-0.25, -0.2) is 8.42 Å². The number of benzene rings is 2. The minimum absolute atomic E-state index is 0.185. The largest absolute Gasteiger partial charge is 0.481 e. The SMILES string of the molecule is CC[C@H](Oc1ccc(N(C)S(C)(=O)=O)cc1)C(=O)NCCSCc1ccc(Cl)c(Cl)c1. The van der Waals surface area contributed by atoms with Gasteiger partial charge in [-0.15, -0.1) is 0 Å². The van der Waals surface area contributed by atoms with E-state index in [0.29, 0.717) is 34.4 Å². The van der Waals surface area contributed by atoms with Crippen LogP contribution < -0.4 is 14.4 Å². The van der Waals surface area contributed by atoms with Gasteiger partial charge in [0.1, 0.15) is 5.75 Å². The first kappa shape index (κ1) is 25.6. The number of ether oxygens (including phenoxy) is 1. The number of hydrogen-bond acceptors (Lipinski definition) is 5. The molecule has 2 aromatic rings. The van der Waals surface area contributed by atoms with Crippen LogP contribution in [0.5, 0.6) is 5.75 Å². The molecule has 0 radical (unpaired) electrons. The summed E-state index contributed by atoms with van der Waals surface area (Å²) >= 11 is 13.6. The van der Waals surface area contributed by atoms with Gasteiger partial charge in [0.25, 0.3) is 5.91 Å². The Morgan fingerprint density at radius 2 is 1.84 bits per heavy atom. The number of halogens is 2. The van der Waals surface area contributed by atoms with Crippen LogP contribution in [-0.4, -0.2) is 46.0 Å². The number of nitrogens with one attached hydrogen (secondary N) is 1. The Morgan fingerprint density at radius 3 is 2.42 bits per heavy atom. The maximum absolute atomic E-state index is 12.4. The highest BCUT2D eigenvalue weighted by Crippen LogP contribution is 2.25. The van der Waals surface area contributed by atoms with E-state index in [1.165, 1.54) is 11.4 Å². The quantitative estimate of drug-likeness (QED) is 0.452. The van der Waals surface area contributed by atoms with Crippen molar-refractivity contribution in [2.45, 2.75) is 25.2 Å². The molecule has 2 rings (SSSR count). The zero-order valence-electron chi connectivity index (χ0n) is 17.6. The maximum atomic E-state index is 12.4. The second-order valence-electron chi connectivity index (χ2n) is 6.83. The number of sulfonamides is 1. The summed E-state index contributed by atoms with van der Waals surface area (Å²) in [4.78, 5) is 12.4. The van der Waals surface area contributed by atoms with E-state index in [1.54, 1.807) is 42.1 Å². The van der Waals surface area contributed by atoms with E-state index in [0.717, 1.165) is 23.3 Å². The van der Waals surface area contributed by atoms with E-state index in [2.05, 4.69) is 5.32 Å². The predicted octanol–water partition coefficient (Wildman–Crippen LogP) is 4.60. The number of hydrogen-bond donors (Lipinski definition) is 1. The summed E-state index contributed by atoms with van der Waals surface area (Å²) < 4.78 is 30.2. The van der Waals surface area contributed by atoms with Crippen LogP contribution >= 0.6 is 35.0 Å². The Balaban J connectivity index is 1.79. The van der Waals surface area contributed by atoms with Crippen molar-refractivity contribution < 1.29 is 17.9 Å². The molecule has 0 spiro atoms. The van der Waals surface area contributed by atoms with E-state index < -0.39 is 16.1 Å². The number of rotatable bonds is 11. The van der Waals surface area contributed by atoms with Crippen LogP contribution in [0.3, 0.4) is 0 Å². The van der Waals surface area contributed by atoms with Crippen LogP contribution in [0.4, 0.5) is 5.69 Å². The zero-order valence-corrected chi connectivity index (χ0v) is 20.7. The van der Waals surface area contributed by atoms with Gasteiger partial charge >= 0.3 is 0 Å². The summed E-state index contributed by atoms with van der Waals surface area (Å²) in [6.07, 6.45) is 1.02. The summed E-state index contributed by atoms with van der Waals surface area (Å²) in [6.45, 7) is 2.39. The number of thioether (sulfide) groups is 1. The molecule has 170 valence electrons. The van der Waals surface area contributed by atoms with Crippen molar-refractivity contribution in [2.75, 3.05) is 29.9 Å². The third-order valence-electron chi connectivity index (χ3n) is 4.44. The molecule has 0 aliphatic heterocycles. The molecule has 10 heteroatoms. The van der Waals surface area contributed by atoms with Gasteiger partial charge in [0.05, 0.1) is 22.0 Å². The fourth-order valence-electron chi connectivity index (χ4n) is 2.59. The summed E-state index contributed by atoms with van der Waals surface area (Å²) in [5, 5.41) is 3.96. The van der Waals surface area contributed by atoms with Gasteiger partial charge in [-0.3, -0.25) is 9.10 Å². The molecule has 0 heterocycles. The molecule has 0 aromatic heterocycles. The molecule has 0 fully saturated rings. The summed E-state index contributed by atoms with van der Waals surface area (Å²) in [7, 11) is -1.85. The number of carbonyl (C=O) groups excluding carboxylic acids is 1. The van der Waals surface area contributed by atoms with Crippen molar-refractivity contribution in [3.05, 3.63) is 58.1 Å². The summed E-state index contributed by atoms with van der Waals surface area (Å²) in [5.41, 5.74) is 1.59. The van der Waals surface area contributed by atoms with Crippen molar-refractivity contribution in [1.82, 2.24) is 5.32 Å². The lowest BCUT2D eigenvalue weighted by Gasteiger charge is -2.19. The molecule has 2 aromatic carbocycles. The summed E-state index contributed by atoms with van der Waals surface area (Å²) in [6, 6.07) is 12.1. The normalized spacial score (nSPS) is 12.3. The van der Waals surface area contributed by atoms with Gasteiger partial charge < -0.3 is 10.1 Å². The van der Waals surface area contributed by atoms with Gasteiger partial charge in [0.2, 0.25) is 10.0 Å². The van der Waals surface area contributed by atoms with Crippen LogP contribution in [0.15, 0.2) is 42.5 Å². The molecular formula is C21H26Cl2N2O4S2. The van der Waals surface area contributed by atoms with Crippen molar-refractivity contribution in [3.8, 4) is 5.75 Å². The van der Waals surface area contributed by atoms with Crippen molar-refractivity contribution >= 4 is 56.6 Å². The molecule has 0 saturated carbocycles. The van der Waals surface area contributed by atoms with Crippen LogP contribution in [0, 0.1) is 0 Å². The number of carbonyl (C=O) groups is 1. The van der Waals surface area contributed by atoms with Crippen LogP contribution in [0.2, 0.25) is 10.0 Å². The van der Waals surface area contributed by atoms with E-state index in [1.807, 2.05) is 19.1 Å². The lowest BCUT2D eigenvalue weighted by atomic mass is 10.2. The molecule has 0 aliphatic rings. The Morgan fingerprint density at radius 1 is 1.16 bits per heavy atom. The average molecular weight is 505 g/mol. The van der Waals surface area contributed by atoms with Crippen LogP contribution in [0.25, 0.3) is 0 Å². The Bertz CT molecular complexity index is 985. The van der Waals surface area contributed by atoms with Crippen molar-refractivity contribution in [2.24, 2.45) is 0 Å². The highest BCUT2D eigenvalue weighted by atomic mass is 35.5. The molecule has 1 atom stereocenters. The van der Waals surface area contributed by atoms with Crippen molar-refractivity contribution in [1.29, 1.82) is 0 Å². The van der Waals surface area contributed by atoms with Crippen LogP contribution in [0.1, 0.15) is 18.9 Å². The lowest BCUT2D eigenvalue weighted by Crippen LogP contribution is -2.39. The van der Waals surface area contributed by atoms with E-state index in [9.17, 15) is 13.2 Å². The highest BCUT2D eigenvalue weighted by molar-refractivity contribution is 7.98. The number of amides is 1. The Hall–Kier alpha value is -1.61. The molecule has 6 nitrogen and oxygen atoms in total. The highest BCUT2D eigenvalue weighted by Gasteiger charge is 2.18. The van der Waals surface area contributed by atoms with E-state index >= 15 is 0 Å². The second kappa shape index (κ2) is 11.9. The first-order valence-electron chi connectivity index (χ1n) is 9.61. The molecule has 0 unspecified atom stereocenters. The molecular weight excluding hydrogens is 479 g/mol. The monoisotopic (exact) mass is 504 g/mol. The minimum atomic E-state index is -3.33. The van der Waals surface area contributed by atoms with E-state index in [-0.39, 0.29) is 5.91 Å². The summed E-state index contributed by atoms with van der Waals surface area (Å²) in [5.74, 6) is 1.83. The third-order valence-corrected chi connectivity index (χ3v) is 7.41. The molecule has 0 bridgehead atoms. The van der Waals surface area contributed by atoms with Crippen LogP contribution in [-0.2, 0) is 20.6 Å². The van der Waals surface area contributed by atoms with Gasteiger partial charge in [-0.05, 0) is 48.4 Å². The Labute approximate surface area is 198 Å². The molecule has 1 amide bonds. The lowest BCUT2D eigenvalue weighted by molar-refractivity contribution is -0.127. The van der Waals surface area contributed by atoms with E-state index in [4.69, 9.17) is 27.9 Å². The number of anilines is 1. The zero-order chi connectivity index (χ0) is 23.0. The first-order valence-corrected chi connectivity index (χ1v) is 13.4.